The van der Waals surface area contributed by atoms with Gasteiger partial charge in [0.1, 0.15) is 5.58 Å². The van der Waals surface area contributed by atoms with E-state index in [2.05, 4.69) is 15.6 Å². The van der Waals surface area contributed by atoms with Crippen LogP contribution in [0.5, 0.6) is 5.88 Å². The lowest BCUT2D eigenvalue weighted by Crippen LogP contribution is -2.51. The molecule has 1 aliphatic rings. The second-order valence-electron chi connectivity index (χ2n) is 8.95. The summed E-state index contributed by atoms with van der Waals surface area (Å²) >= 11 is 0. The molecule has 4 aromatic rings. The first-order chi connectivity index (χ1) is 17.8. The van der Waals surface area contributed by atoms with E-state index in [1.165, 1.54) is 19.2 Å². The van der Waals surface area contributed by atoms with Crippen LogP contribution in [0.25, 0.3) is 11.0 Å². The molecule has 0 atom stereocenters. The van der Waals surface area contributed by atoms with Crippen molar-refractivity contribution in [3.63, 3.8) is 0 Å². The molecule has 0 spiro atoms. The Labute approximate surface area is 211 Å². The van der Waals surface area contributed by atoms with E-state index >= 15 is 0 Å². The highest BCUT2D eigenvalue weighted by Gasteiger charge is 2.41. The minimum Gasteiger partial charge on any atom is -0.481 e. The van der Waals surface area contributed by atoms with Crippen molar-refractivity contribution in [3.8, 4) is 5.88 Å². The lowest BCUT2D eigenvalue weighted by Gasteiger charge is -2.43. The van der Waals surface area contributed by atoms with Gasteiger partial charge in [-0.1, -0.05) is 30.3 Å². The number of furan rings is 1. The Balaban J connectivity index is 1.35. The number of amides is 2. The van der Waals surface area contributed by atoms with Crippen molar-refractivity contribution in [2.24, 2.45) is 0 Å². The number of para-hydroxylation sites is 1. The van der Waals surface area contributed by atoms with Crippen LogP contribution in [0.1, 0.15) is 51.4 Å². The summed E-state index contributed by atoms with van der Waals surface area (Å²) in [5.74, 6) is -0.647. The number of benzene rings is 2. The number of methoxy groups -OCH3 is 1. The molecule has 1 aliphatic carbocycles. The molecule has 0 bridgehead atoms. The molecule has 2 amide bonds. The van der Waals surface area contributed by atoms with Gasteiger partial charge in [0.25, 0.3) is 11.8 Å². The monoisotopic (exact) mass is 500 g/mol. The Morgan fingerprint density at radius 1 is 1.05 bits per heavy atom. The van der Waals surface area contributed by atoms with Crippen LogP contribution < -0.4 is 15.4 Å². The fraction of sp³-hybridized carbons (Fsp3) is 0.222. The van der Waals surface area contributed by atoms with Crippen molar-refractivity contribution in [1.29, 1.82) is 0 Å². The number of nitro groups is 1. The minimum atomic E-state index is -0.687. The highest BCUT2D eigenvalue weighted by Crippen LogP contribution is 2.42. The largest absolute Gasteiger partial charge is 0.481 e. The summed E-state index contributed by atoms with van der Waals surface area (Å²) in [6, 6.07) is 17.2. The maximum atomic E-state index is 13.1. The number of nitrogens with zero attached hydrogens (tertiary/aromatic N) is 2. The molecule has 188 valence electrons. The average molecular weight is 501 g/mol. The van der Waals surface area contributed by atoms with E-state index in [0.29, 0.717) is 24.1 Å². The van der Waals surface area contributed by atoms with E-state index in [4.69, 9.17) is 9.15 Å². The zero-order valence-corrected chi connectivity index (χ0v) is 20.2. The molecule has 5 rings (SSSR count). The molecule has 0 aliphatic heterocycles. The molecular weight excluding hydrogens is 476 g/mol. The molecule has 0 unspecified atom stereocenters. The smallest absolute Gasteiger partial charge is 0.300 e. The van der Waals surface area contributed by atoms with Gasteiger partial charge in [-0.15, -0.1) is 0 Å². The van der Waals surface area contributed by atoms with Crippen LogP contribution >= 0.6 is 0 Å². The van der Waals surface area contributed by atoms with Crippen LogP contribution in [-0.4, -0.2) is 28.8 Å². The van der Waals surface area contributed by atoms with Crippen LogP contribution in [0.3, 0.4) is 0 Å². The molecule has 1 fully saturated rings. The van der Waals surface area contributed by atoms with Gasteiger partial charge in [-0.25, -0.2) is 4.98 Å². The summed E-state index contributed by atoms with van der Waals surface area (Å²) in [5, 5.41) is 18.1. The third kappa shape index (κ3) is 4.37. The van der Waals surface area contributed by atoms with Crippen molar-refractivity contribution < 1.29 is 23.7 Å². The van der Waals surface area contributed by atoms with Gasteiger partial charge in [0, 0.05) is 28.8 Å². The van der Waals surface area contributed by atoms with Gasteiger partial charge >= 0.3 is 5.69 Å². The fourth-order valence-electron chi connectivity index (χ4n) is 4.61. The van der Waals surface area contributed by atoms with Crippen molar-refractivity contribution >= 4 is 34.2 Å². The average Bonchev–Trinajstić information content (AvgIpc) is 3.23. The van der Waals surface area contributed by atoms with E-state index in [0.717, 1.165) is 22.9 Å². The number of hydrogen-bond donors (Lipinski definition) is 2. The SMILES string of the molecule is COc1ccc([N+](=O)[O-])c(C(=O)NC2(c3ccc(NC(=O)c4oc5ccccc5c4C)cc3)CCC2)n1. The van der Waals surface area contributed by atoms with Gasteiger partial charge < -0.3 is 19.8 Å². The molecule has 0 saturated heterocycles. The second kappa shape index (κ2) is 9.38. The number of aryl methyl sites for hydroxylation is 1. The molecule has 2 N–H and O–H groups in total. The number of anilines is 1. The third-order valence-corrected chi connectivity index (χ3v) is 6.77. The second-order valence-corrected chi connectivity index (χ2v) is 8.95. The lowest BCUT2D eigenvalue weighted by molar-refractivity contribution is -0.385. The minimum absolute atomic E-state index is 0.109. The van der Waals surface area contributed by atoms with E-state index < -0.39 is 22.1 Å². The van der Waals surface area contributed by atoms with Crippen molar-refractivity contribution in [2.45, 2.75) is 31.7 Å². The molecular formula is C27H24N4O6. The maximum Gasteiger partial charge on any atom is 0.300 e. The van der Waals surface area contributed by atoms with Crippen LogP contribution in [0.15, 0.2) is 65.1 Å². The van der Waals surface area contributed by atoms with Gasteiger partial charge in [-0.05, 0) is 49.9 Å². The first kappa shape index (κ1) is 24.0. The first-order valence-electron chi connectivity index (χ1n) is 11.7. The standard InChI is InChI=1S/C27H24N4O6/c1-16-19-6-3-4-7-21(19)37-24(16)26(33)28-18-10-8-17(9-11-18)27(14-5-15-27)30-25(32)23-20(31(34)35)12-13-22(29-23)36-2/h3-4,6-13H,5,14-15H2,1-2H3,(H,28,33)(H,30,32). The van der Waals surface area contributed by atoms with Gasteiger partial charge in [-0.2, -0.15) is 0 Å². The molecule has 2 aromatic carbocycles. The summed E-state index contributed by atoms with van der Waals surface area (Å²) in [6.45, 7) is 1.84. The predicted molar refractivity (Wildman–Crippen MR) is 136 cm³/mol. The van der Waals surface area contributed by atoms with Crippen LogP contribution in [0.4, 0.5) is 11.4 Å². The van der Waals surface area contributed by atoms with Gasteiger partial charge in [0.15, 0.2) is 5.76 Å². The van der Waals surface area contributed by atoms with Crippen LogP contribution in [0.2, 0.25) is 0 Å². The molecule has 0 radical (unpaired) electrons. The number of fused-ring (bicyclic) bond motifs is 1. The molecule has 2 heterocycles. The lowest BCUT2D eigenvalue weighted by atomic mass is 9.71. The number of hydrogen-bond acceptors (Lipinski definition) is 7. The van der Waals surface area contributed by atoms with E-state index in [1.807, 2.05) is 43.3 Å². The summed E-state index contributed by atoms with van der Waals surface area (Å²) < 4.78 is 10.8. The Hall–Kier alpha value is -4.73. The number of carbonyl (C=O) groups excluding carboxylic acids is 2. The Bertz CT molecular complexity index is 1520. The summed E-state index contributed by atoms with van der Waals surface area (Å²) in [4.78, 5) is 40.8. The number of carbonyl (C=O) groups is 2. The van der Waals surface area contributed by atoms with Crippen LogP contribution in [0, 0.1) is 17.0 Å². The number of pyridine rings is 1. The summed E-state index contributed by atoms with van der Waals surface area (Å²) in [5.41, 5.74) is 1.42. The van der Waals surface area contributed by atoms with E-state index in [1.54, 1.807) is 12.1 Å². The molecule has 1 saturated carbocycles. The topological polar surface area (TPSA) is 137 Å². The Morgan fingerprint density at radius 2 is 1.78 bits per heavy atom. The summed E-state index contributed by atoms with van der Waals surface area (Å²) in [7, 11) is 1.37. The van der Waals surface area contributed by atoms with Gasteiger partial charge in [-0.3, -0.25) is 19.7 Å². The maximum absolute atomic E-state index is 13.1. The number of nitrogens with one attached hydrogen (secondary N) is 2. The van der Waals surface area contributed by atoms with Gasteiger partial charge in [0.2, 0.25) is 11.6 Å². The molecule has 10 heteroatoms. The Morgan fingerprint density at radius 3 is 2.41 bits per heavy atom. The molecule has 10 nitrogen and oxygen atoms in total. The molecule has 37 heavy (non-hydrogen) atoms. The Kier molecular flexibility index (Phi) is 6.08. The predicted octanol–water partition coefficient (Wildman–Crippen LogP) is 5.11. The van der Waals surface area contributed by atoms with E-state index in [9.17, 15) is 19.7 Å². The number of rotatable bonds is 7. The van der Waals surface area contributed by atoms with E-state index in [-0.39, 0.29) is 23.2 Å². The quantitative estimate of drug-likeness (QED) is 0.266. The third-order valence-electron chi connectivity index (χ3n) is 6.77. The fourth-order valence-corrected chi connectivity index (χ4v) is 4.61. The zero-order valence-electron chi connectivity index (χ0n) is 20.2. The molecule has 2 aromatic heterocycles. The van der Waals surface area contributed by atoms with Crippen LogP contribution in [-0.2, 0) is 5.54 Å². The summed E-state index contributed by atoms with van der Waals surface area (Å²) in [6.07, 6.45) is 2.22. The first-order valence-corrected chi connectivity index (χ1v) is 11.7. The van der Waals surface area contributed by atoms with Crippen molar-refractivity contribution in [2.75, 3.05) is 12.4 Å². The van der Waals surface area contributed by atoms with Crippen molar-refractivity contribution in [1.82, 2.24) is 10.3 Å². The highest BCUT2D eigenvalue weighted by atomic mass is 16.6. The normalized spacial score (nSPS) is 14.0. The number of ether oxygens (including phenoxy) is 1. The number of aromatic nitrogens is 1. The van der Waals surface area contributed by atoms with Gasteiger partial charge in [0.05, 0.1) is 17.6 Å². The highest BCUT2D eigenvalue weighted by molar-refractivity contribution is 6.06. The zero-order chi connectivity index (χ0) is 26.2. The van der Waals surface area contributed by atoms with Crippen molar-refractivity contribution in [3.05, 3.63) is 93.4 Å².